The van der Waals surface area contributed by atoms with Crippen LogP contribution in [0.2, 0.25) is 0 Å². The number of carbonyl (C=O) groups excluding carboxylic acids is 5. The summed E-state index contributed by atoms with van der Waals surface area (Å²) in [4.78, 5) is 65.7. The van der Waals surface area contributed by atoms with Crippen LogP contribution in [0.3, 0.4) is 0 Å². The maximum Gasteiger partial charge on any atom is 0.328 e. The third-order valence-corrected chi connectivity index (χ3v) is 8.49. The van der Waals surface area contributed by atoms with E-state index in [1.54, 1.807) is 13.8 Å². The first-order valence-corrected chi connectivity index (χ1v) is 17.8. The number of ether oxygens (including phenoxy) is 1. The average molecular weight is 700 g/mol. The second kappa shape index (κ2) is 25.0. The summed E-state index contributed by atoms with van der Waals surface area (Å²) in [7, 11) is 1.24. The number of unbranched alkanes of at least 4 members (excludes halogenated alkanes) is 7. The van der Waals surface area contributed by atoms with E-state index in [0.717, 1.165) is 56.9 Å². The molecule has 0 fully saturated rings. The molecule has 12 nitrogen and oxygen atoms in total. The van der Waals surface area contributed by atoms with E-state index in [0.29, 0.717) is 12.8 Å². The van der Waals surface area contributed by atoms with Crippen molar-refractivity contribution in [3.05, 3.63) is 61.2 Å². The number of allylic oxidation sites excluding steroid dienone is 2. The number of aliphatic hydroxyl groups excluding tert-OH is 1. The largest absolute Gasteiger partial charge is 0.467 e. The fourth-order valence-corrected chi connectivity index (χ4v) is 5.35. The van der Waals surface area contributed by atoms with Crippen LogP contribution in [0.4, 0.5) is 0 Å². The van der Waals surface area contributed by atoms with Gasteiger partial charge in [0.15, 0.2) is 0 Å². The van der Waals surface area contributed by atoms with Crippen LogP contribution in [0.25, 0.3) is 0 Å². The number of nitrogens with one attached hydrogen (secondary N) is 4. The van der Waals surface area contributed by atoms with Crippen molar-refractivity contribution in [2.24, 2.45) is 11.7 Å². The summed E-state index contributed by atoms with van der Waals surface area (Å²) in [6.45, 7) is 12.4. The van der Waals surface area contributed by atoms with Gasteiger partial charge in [-0.2, -0.15) is 0 Å². The molecule has 0 aliphatic carbocycles. The lowest BCUT2D eigenvalue weighted by Gasteiger charge is -2.28. The summed E-state index contributed by atoms with van der Waals surface area (Å²) in [6.07, 6.45) is 10.8. The molecule has 0 bridgehead atoms. The Morgan fingerprint density at radius 1 is 0.740 bits per heavy atom. The van der Waals surface area contributed by atoms with Crippen LogP contribution in [0.5, 0.6) is 0 Å². The van der Waals surface area contributed by atoms with Crippen molar-refractivity contribution in [2.45, 2.75) is 134 Å². The van der Waals surface area contributed by atoms with Crippen LogP contribution in [-0.2, 0) is 35.1 Å². The number of methoxy groups -OCH3 is 1. The van der Waals surface area contributed by atoms with Crippen molar-refractivity contribution in [1.29, 1.82) is 0 Å². The van der Waals surface area contributed by atoms with E-state index in [4.69, 9.17) is 10.5 Å². The minimum absolute atomic E-state index is 0.196. The maximum atomic E-state index is 13.7. The molecule has 0 radical (unpaired) electrons. The first-order chi connectivity index (χ1) is 23.9. The van der Waals surface area contributed by atoms with Crippen molar-refractivity contribution in [3.63, 3.8) is 0 Å². The van der Waals surface area contributed by atoms with Crippen LogP contribution in [0.15, 0.2) is 55.6 Å². The third-order valence-electron chi connectivity index (χ3n) is 8.49. The highest BCUT2D eigenvalue weighted by molar-refractivity contribution is 5.95. The highest BCUT2D eigenvalue weighted by Crippen LogP contribution is 2.12. The zero-order valence-corrected chi connectivity index (χ0v) is 30.5. The van der Waals surface area contributed by atoms with E-state index >= 15 is 0 Å². The van der Waals surface area contributed by atoms with Gasteiger partial charge in [0, 0.05) is 12.5 Å². The van der Waals surface area contributed by atoms with Crippen molar-refractivity contribution < 1.29 is 33.8 Å². The number of hydrogen-bond acceptors (Lipinski definition) is 8. The summed E-state index contributed by atoms with van der Waals surface area (Å²) in [5.74, 6) is -3.54. The van der Waals surface area contributed by atoms with E-state index in [2.05, 4.69) is 34.4 Å². The van der Waals surface area contributed by atoms with Gasteiger partial charge < -0.3 is 36.8 Å². The van der Waals surface area contributed by atoms with Gasteiger partial charge in [-0.25, -0.2) is 4.79 Å². The minimum atomic E-state index is -1.50. The van der Waals surface area contributed by atoms with E-state index < -0.39 is 65.9 Å². The monoisotopic (exact) mass is 699 g/mol. The van der Waals surface area contributed by atoms with E-state index in [1.165, 1.54) is 14.0 Å². The Morgan fingerprint density at radius 3 is 1.88 bits per heavy atom. The van der Waals surface area contributed by atoms with Gasteiger partial charge in [0.1, 0.15) is 30.3 Å². The Labute approximate surface area is 298 Å². The topological polar surface area (TPSA) is 189 Å². The van der Waals surface area contributed by atoms with Crippen LogP contribution >= 0.6 is 0 Å². The van der Waals surface area contributed by atoms with Crippen molar-refractivity contribution in [3.8, 4) is 0 Å². The molecule has 280 valence electrons. The van der Waals surface area contributed by atoms with Gasteiger partial charge in [0.25, 0.3) is 5.91 Å². The van der Waals surface area contributed by atoms with Gasteiger partial charge in [-0.05, 0) is 56.9 Å². The molecule has 1 rings (SSSR count). The molecule has 7 N–H and O–H groups in total. The lowest BCUT2D eigenvalue weighted by Crippen LogP contribution is -2.59. The van der Waals surface area contributed by atoms with Crippen molar-refractivity contribution in [1.82, 2.24) is 21.3 Å². The smallest absolute Gasteiger partial charge is 0.328 e. The quantitative estimate of drug-likeness (QED) is 0.0482. The zero-order valence-electron chi connectivity index (χ0n) is 30.5. The fraction of sp³-hybridized carbons (Fsp3) is 0.605. The van der Waals surface area contributed by atoms with Crippen LogP contribution in [0.1, 0.15) is 97.0 Å². The summed E-state index contributed by atoms with van der Waals surface area (Å²) < 4.78 is 4.93. The fourth-order valence-electron chi connectivity index (χ4n) is 5.35. The SMILES string of the molecule is C=CCCCCCC[C@H](NC(=O)[C@H](C)NC(=O)[C@@H](O)[C@H](N)CCCCCC=C)C(=O)N[C@@H](C(=O)N[C@H](Cc1ccccc1)C(=O)OC)C(C)C. The Balaban J connectivity index is 2.99. The zero-order chi connectivity index (χ0) is 37.5. The molecule has 0 aromatic heterocycles. The molecule has 0 aliphatic rings. The number of benzene rings is 1. The molecule has 0 heterocycles. The number of nitrogens with two attached hydrogens (primary N) is 1. The van der Waals surface area contributed by atoms with Gasteiger partial charge in [-0.15, -0.1) is 13.2 Å². The molecule has 0 saturated carbocycles. The number of hydrogen-bond donors (Lipinski definition) is 6. The minimum Gasteiger partial charge on any atom is -0.467 e. The predicted molar refractivity (Wildman–Crippen MR) is 196 cm³/mol. The molecule has 12 heteroatoms. The lowest BCUT2D eigenvalue weighted by molar-refractivity contribution is -0.145. The van der Waals surface area contributed by atoms with E-state index in [-0.39, 0.29) is 18.8 Å². The van der Waals surface area contributed by atoms with Crippen molar-refractivity contribution in [2.75, 3.05) is 7.11 Å². The summed E-state index contributed by atoms with van der Waals surface area (Å²) >= 11 is 0. The molecule has 50 heavy (non-hydrogen) atoms. The lowest BCUT2D eigenvalue weighted by atomic mass is 9.99. The standard InChI is InChI=1S/C38H61N5O7/c1-7-9-11-13-15-20-24-30(41-34(45)27(5)40-37(48)33(44)29(39)23-19-14-12-10-8-2)35(46)43-32(26(3)4)36(47)42-31(38(49)50-6)25-28-21-17-16-18-22-28/h7-8,16-18,21-22,26-27,29-33,44H,1-2,9-15,19-20,23-25,39H2,3-6H3,(H,40,48)(H,41,45)(H,42,47)(H,43,46)/t27-,29+,30-,31+,32+,33-/m0/s1. The Bertz CT molecular complexity index is 1210. The second-order valence-corrected chi connectivity index (χ2v) is 13.1. The highest BCUT2D eigenvalue weighted by Gasteiger charge is 2.33. The normalized spacial score (nSPS) is 14.6. The molecular weight excluding hydrogens is 638 g/mol. The number of amides is 4. The number of esters is 1. The van der Waals surface area contributed by atoms with Gasteiger partial charge in [-0.3, -0.25) is 19.2 Å². The molecule has 6 atom stereocenters. The Kier molecular flexibility index (Phi) is 22.0. The maximum absolute atomic E-state index is 13.7. The average Bonchev–Trinajstić information content (AvgIpc) is 3.10. The van der Waals surface area contributed by atoms with Crippen LogP contribution in [-0.4, -0.2) is 78.1 Å². The molecule has 0 aliphatic heterocycles. The third kappa shape index (κ3) is 17.1. The molecule has 0 unspecified atom stereocenters. The first kappa shape index (κ1) is 44.0. The Morgan fingerprint density at radius 2 is 1.30 bits per heavy atom. The Hall–Kier alpha value is -4.03. The molecule has 0 spiro atoms. The molecular formula is C38H61N5O7. The van der Waals surface area contributed by atoms with Crippen LogP contribution < -0.4 is 27.0 Å². The molecule has 1 aromatic carbocycles. The van der Waals surface area contributed by atoms with Gasteiger partial charge in [0.2, 0.25) is 17.7 Å². The summed E-state index contributed by atoms with van der Waals surface area (Å²) in [6, 6.07) is 4.27. The summed E-state index contributed by atoms with van der Waals surface area (Å²) in [5.41, 5.74) is 6.86. The summed E-state index contributed by atoms with van der Waals surface area (Å²) in [5, 5.41) is 21.2. The number of rotatable bonds is 26. The first-order valence-electron chi connectivity index (χ1n) is 17.8. The number of carbonyl (C=O) groups is 5. The predicted octanol–water partition coefficient (Wildman–Crippen LogP) is 3.37. The van der Waals surface area contributed by atoms with E-state index in [9.17, 15) is 29.1 Å². The second-order valence-electron chi connectivity index (χ2n) is 13.1. The van der Waals surface area contributed by atoms with Gasteiger partial charge in [-0.1, -0.05) is 88.4 Å². The van der Waals surface area contributed by atoms with Crippen LogP contribution in [0, 0.1) is 5.92 Å². The molecule has 4 amide bonds. The highest BCUT2D eigenvalue weighted by atomic mass is 16.5. The van der Waals surface area contributed by atoms with Crippen molar-refractivity contribution >= 4 is 29.6 Å². The van der Waals surface area contributed by atoms with E-state index in [1.807, 2.05) is 42.5 Å². The molecule has 1 aromatic rings. The van der Waals surface area contributed by atoms with Gasteiger partial charge >= 0.3 is 5.97 Å². The molecule has 0 saturated heterocycles. The van der Waals surface area contributed by atoms with Gasteiger partial charge in [0.05, 0.1) is 7.11 Å². The number of aliphatic hydroxyl groups is 1.